The highest BCUT2D eigenvalue weighted by Gasteiger charge is 2.11. The molecule has 1 aromatic heterocycles. The van der Waals surface area contributed by atoms with Crippen LogP contribution in [-0.2, 0) is 17.8 Å². The van der Waals surface area contributed by atoms with Crippen LogP contribution in [0.2, 0.25) is 0 Å². The van der Waals surface area contributed by atoms with Crippen LogP contribution in [0.25, 0.3) is 10.8 Å². The third kappa shape index (κ3) is 4.18. The van der Waals surface area contributed by atoms with Crippen LogP contribution < -0.4 is 11.0 Å². The Balaban J connectivity index is 1.92. The number of amides is 1. The zero-order valence-corrected chi connectivity index (χ0v) is 15.8. The lowest BCUT2D eigenvalue weighted by molar-refractivity contribution is -0.121. The van der Waals surface area contributed by atoms with E-state index in [4.69, 9.17) is 5.21 Å². The highest BCUT2D eigenvalue weighted by Crippen LogP contribution is 2.14. The summed E-state index contributed by atoms with van der Waals surface area (Å²) in [7, 11) is 0. The summed E-state index contributed by atoms with van der Waals surface area (Å²) in [4.78, 5) is 36.5. The fourth-order valence-corrected chi connectivity index (χ4v) is 3.05. The van der Waals surface area contributed by atoms with Gasteiger partial charge in [0.2, 0.25) is 0 Å². The zero-order chi connectivity index (χ0) is 20.3. The average molecular weight is 378 g/mol. The molecule has 3 rings (SSSR count). The van der Waals surface area contributed by atoms with Crippen molar-refractivity contribution in [1.29, 1.82) is 0 Å². The van der Waals surface area contributed by atoms with Crippen LogP contribution in [0.4, 0.5) is 0 Å². The summed E-state index contributed by atoms with van der Waals surface area (Å²) in [5.41, 5.74) is 3.39. The van der Waals surface area contributed by atoms with E-state index in [1.54, 1.807) is 28.4 Å². The molecule has 0 fully saturated rings. The SMILES string of the molecule is CC(C)C(=O)Cc1cccc(Cn2ccc3ccc(C(=O)NO)cc3c2=O)c1. The van der Waals surface area contributed by atoms with Gasteiger partial charge in [-0.1, -0.05) is 44.2 Å². The minimum Gasteiger partial charge on any atom is -0.311 e. The van der Waals surface area contributed by atoms with Crippen molar-refractivity contribution in [2.24, 2.45) is 5.92 Å². The summed E-state index contributed by atoms with van der Waals surface area (Å²) < 4.78 is 1.56. The van der Waals surface area contributed by atoms with E-state index in [9.17, 15) is 14.4 Å². The van der Waals surface area contributed by atoms with Crippen LogP contribution >= 0.6 is 0 Å². The standard InChI is InChI=1S/C22H22N2O4/c1-14(2)20(25)11-15-4-3-5-16(10-15)13-24-9-8-17-6-7-18(21(26)23-28)12-19(17)22(24)27/h3-10,12,14,28H,11,13H2,1-2H3,(H,23,26). The number of nitrogens with one attached hydrogen (secondary N) is 1. The molecule has 6 nitrogen and oxygen atoms in total. The first-order valence-electron chi connectivity index (χ1n) is 9.07. The van der Waals surface area contributed by atoms with Gasteiger partial charge in [-0.15, -0.1) is 0 Å². The summed E-state index contributed by atoms with van der Waals surface area (Å²) >= 11 is 0. The summed E-state index contributed by atoms with van der Waals surface area (Å²) in [5.74, 6) is -0.508. The average Bonchev–Trinajstić information content (AvgIpc) is 2.69. The van der Waals surface area contributed by atoms with Gasteiger partial charge in [0, 0.05) is 29.5 Å². The molecule has 0 radical (unpaired) electrons. The Hall–Kier alpha value is -3.25. The fourth-order valence-electron chi connectivity index (χ4n) is 3.05. The van der Waals surface area contributed by atoms with Crippen molar-refractivity contribution in [2.45, 2.75) is 26.8 Å². The molecule has 28 heavy (non-hydrogen) atoms. The van der Waals surface area contributed by atoms with Gasteiger partial charge in [-0.25, -0.2) is 5.48 Å². The van der Waals surface area contributed by atoms with E-state index in [0.29, 0.717) is 23.7 Å². The number of hydroxylamine groups is 1. The predicted molar refractivity (Wildman–Crippen MR) is 107 cm³/mol. The molecule has 144 valence electrons. The molecule has 6 heteroatoms. The maximum Gasteiger partial charge on any atom is 0.274 e. The highest BCUT2D eigenvalue weighted by atomic mass is 16.5. The van der Waals surface area contributed by atoms with E-state index in [2.05, 4.69) is 0 Å². The number of hydrogen-bond acceptors (Lipinski definition) is 4. The first-order chi connectivity index (χ1) is 13.4. The molecule has 0 aliphatic rings. The Kier molecular flexibility index (Phi) is 5.70. The van der Waals surface area contributed by atoms with E-state index >= 15 is 0 Å². The van der Waals surface area contributed by atoms with Gasteiger partial charge >= 0.3 is 0 Å². The van der Waals surface area contributed by atoms with Crippen molar-refractivity contribution in [1.82, 2.24) is 10.0 Å². The monoisotopic (exact) mass is 378 g/mol. The minimum absolute atomic E-state index is 0.0166. The Morgan fingerprint density at radius 1 is 1.07 bits per heavy atom. The Morgan fingerprint density at radius 3 is 2.54 bits per heavy atom. The Bertz CT molecular complexity index is 1100. The summed E-state index contributed by atoms with van der Waals surface area (Å²) in [6.07, 6.45) is 2.08. The molecule has 3 aromatic rings. The number of rotatable bonds is 6. The molecular formula is C22H22N2O4. The second kappa shape index (κ2) is 8.19. The van der Waals surface area contributed by atoms with E-state index in [-0.39, 0.29) is 22.8 Å². The molecular weight excluding hydrogens is 356 g/mol. The van der Waals surface area contributed by atoms with Crippen molar-refractivity contribution >= 4 is 22.5 Å². The van der Waals surface area contributed by atoms with Crippen LogP contribution in [0.5, 0.6) is 0 Å². The molecule has 0 aliphatic carbocycles. The first kappa shape index (κ1) is 19.5. The van der Waals surface area contributed by atoms with Crippen LogP contribution in [0.3, 0.4) is 0 Å². The van der Waals surface area contributed by atoms with Gasteiger partial charge in [0.25, 0.3) is 11.5 Å². The maximum absolute atomic E-state index is 12.9. The van der Waals surface area contributed by atoms with Gasteiger partial charge in [-0.2, -0.15) is 0 Å². The quantitative estimate of drug-likeness (QED) is 0.510. The van der Waals surface area contributed by atoms with Crippen molar-refractivity contribution in [3.05, 3.63) is 81.8 Å². The van der Waals surface area contributed by atoms with Crippen LogP contribution in [0, 0.1) is 5.92 Å². The number of aromatic nitrogens is 1. The van der Waals surface area contributed by atoms with E-state index in [1.807, 2.05) is 44.2 Å². The van der Waals surface area contributed by atoms with Crippen molar-refractivity contribution in [2.75, 3.05) is 0 Å². The number of carbonyl (C=O) groups is 2. The number of hydrogen-bond donors (Lipinski definition) is 2. The van der Waals surface area contributed by atoms with E-state index in [1.165, 1.54) is 6.07 Å². The number of benzene rings is 2. The number of carbonyl (C=O) groups excluding carboxylic acids is 2. The maximum atomic E-state index is 12.9. The van der Waals surface area contributed by atoms with Gasteiger partial charge in [0.1, 0.15) is 5.78 Å². The fraction of sp³-hybridized carbons (Fsp3) is 0.227. The Morgan fingerprint density at radius 2 is 1.82 bits per heavy atom. The molecule has 0 saturated heterocycles. The highest BCUT2D eigenvalue weighted by molar-refractivity contribution is 5.97. The van der Waals surface area contributed by atoms with Gasteiger partial charge in [0.15, 0.2) is 0 Å². The van der Waals surface area contributed by atoms with Gasteiger partial charge in [0.05, 0.1) is 6.54 Å². The summed E-state index contributed by atoms with van der Waals surface area (Å²) in [6.45, 7) is 4.12. The van der Waals surface area contributed by atoms with Gasteiger partial charge in [-0.05, 0) is 34.7 Å². The lowest BCUT2D eigenvalue weighted by atomic mass is 9.99. The molecule has 0 spiro atoms. The molecule has 0 aliphatic heterocycles. The molecule has 1 heterocycles. The number of nitrogens with zero attached hydrogens (tertiary/aromatic N) is 1. The number of ketones is 1. The molecule has 0 unspecified atom stereocenters. The van der Waals surface area contributed by atoms with E-state index in [0.717, 1.165) is 11.1 Å². The van der Waals surface area contributed by atoms with Gasteiger partial charge in [-0.3, -0.25) is 19.6 Å². The predicted octanol–water partition coefficient (Wildman–Crippen LogP) is 2.94. The molecule has 0 saturated carbocycles. The molecule has 2 N–H and O–H groups in total. The normalized spacial score (nSPS) is 11.0. The van der Waals surface area contributed by atoms with E-state index < -0.39 is 5.91 Å². The summed E-state index contributed by atoms with van der Waals surface area (Å²) in [5, 5.41) is 9.91. The zero-order valence-electron chi connectivity index (χ0n) is 15.8. The minimum atomic E-state index is -0.667. The third-order valence-corrected chi connectivity index (χ3v) is 4.71. The first-order valence-corrected chi connectivity index (χ1v) is 9.07. The number of Topliss-reactive ketones (excluding diaryl/α,β-unsaturated/α-hetero) is 1. The third-order valence-electron chi connectivity index (χ3n) is 4.71. The molecule has 1 amide bonds. The molecule has 0 bridgehead atoms. The van der Waals surface area contributed by atoms with Crippen LogP contribution in [0.1, 0.15) is 35.3 Å². The van der Waals surface area contributed by atoms with Crippen molar-refractivity contribution in [3.8, 4) is 0 Å². The topological polar surface area (TPSA) is 88.4 Å². The van der Waals surface area contributed by atoms with Crippen molar-refractivity contribution in [3.63, 3.8) is 0 Å². The lowest BCUT2D eigenvalue weighted by Crippen LogP contribution is -2.22. The largest absolute Gasteiger partial charge is 0.311 e. The Labute approximate surface area is 162 Å². The lowest BCUT2D eigenvalue weighted by Gasteiger charge is -2.10. The second-order valence-electron chi connectivity index (χ2n) is 7.11. The molecule has 2 aromatic carbocycles. The summed E-state index contributed by atoms with van der Waals surface area (Å²) in [6, 6.07) is 14.1. The van der Waals surface area contributed by atoms with Crippen LogP contribution in [0.15, 0.2) is 59.5 Å². The number of pyridine rings is 1. The smallest absolute Gasteiger partial charge is 0.274 e. The van der Waals surface area contributed by atoms with Crippen molar-refractivity contribution < 1.29 is 14.8 Å². The van der Waals surface area contributed by atoms with Gasteiger partial charge < -0.3 is 4.57 Å². The molecule has 0 atom stereocenters. The number of fused-ring (bicyclic) bond motifs is 1. The van der Waals surface area contributed by atoms with Crippen LogP contribution in [-0.4, -0.2) is 21.5 Å². The second-order valence-corrected chi connectivity index (χ2v) is 7.11.